The second-order valence-corrected chi connectivity index (χ2v) is 5.37. The molecule has 0 aromatic heterocycles. The fraction of sp³-hybridized carbons (Fsp3) is 0.533. The van der Waals surface area contributed by atoms with Crippen LogP contribution in [0.15, 0.2) is 29.3 Å². The van der Waals surface area contributed by atoms with Crippen LogP contribution in [0.25, 0.3) is 0 Å². The van der Waals surface area contributed by atoms with E-state index in [9.17, 15) is 0 Å². The van der Waals surface area contributed by atoms with Crippen molar-refractivity contribution < 1.29 is 4.74 Å². The number of nitrogens with one attached hydrogen (secondary N) is 2. The molecule has 0 saturated carbocycles. The molecule has 0 unspecified atom stereocenters. The highest BCUT2D eigenvalue weighted by atomic mass is 127. The first-order valence-corrected chi connectivity index (χ1v) is 8.29. The number of ether oxygens (including phenoxy) is 1. The monoisotopic (exact) mass is 423 g/mol. The fourth-order valence-corrected chi connectivity index (χ4v) is 1.98. The molecule has 0 saturated heterocycles. The van der Waals surface area contributed by atoms with Gasteiger partial charge >= 0.3 is 0 Å². The van der Waals surface area contributed by atoms with Crippen LogP contribution in [0.1, 0.15) is 12.0 Å². The Hall–Kier alpha value is -0.630. The summed E-state index contributed by atoms with van der Waals surface area (Å²) in [6.07, 6.45) is 3.04. The molecule has 21 heavy (non-hydrogen) atoms. The number of halogens is 1. The molecule has 0 spiro atoms. The van der Waals surface area contributed by atoms with Crippen LogP contribution >= 0.6 is 35.7 Å². The van der Waals surface area contributed by atoms with Crippen LogP contribution < -0.4 is 15.4 Å². The summed E-state index contributed by atoms with van der Waals surface area (Å²) in [6, 6.07) is 8.09. The van der Waals surface area contributed by atoms with Crippen molar-refractivity contribution in [3.05, 3.63) is 29.8 Å². The van der Waals surface area contributed by atoms with Crippen molar-refractivity contribution in [2.24, 2.45) is 4.99 Å². The molecule has 1 rings (SSSR count). The third-order valence-electron chi connectivity index (χ3n) is 2.79. The number of hydrogen-bond donors (Lipinski definition) is 2. The summed E-state index contributed by atoms with van der Waals surface area (Å²) in [5, 5.41) is 6.54. The van der Waals surface area contributed by atoms with E-state index >= 15 is 0 Å². The van der Waals surface area contributed by atoms with Gasteiger partial charge in [-0.1, -0.05) is 18.2 Å². The van der Waals surface area contributed by atoms with E-state index < -0.39 is 0 Å². The van der Waals surface area contributed by atoms with Crippen LogP contribution in [-0.4, -0.2) is 44.7 Å². The van der Waals surface area contributed by atoms with Gasteiger partial charge < -0.3 is 15.4 Å². The molecule has 0 atom stereocenters. The number of nitrogens with zero attached hydrogens (tertiary/aromatic N) is 1. The average molecular weight is 423 g/mol. The third kappa shape index (κ3) is 9.08. The minimum Gasteiger partial charge on any atom is -0.493 e. The Balaban J connectivity index is 0.00000400. The van der Waals surface area contributed by atoms with Crippen LogP contribution in [0.4, 0.5) is 0 Å². The molecule has 0 radical (unpaired) electrons. The van der Waals surface area contributed by atoms with Crippen molar-refractivity contribution in [3.63, 3.8) is 0 Å². The number of thioether (sulfide) groups is 1. The number of aliphatic imine (C=N–C) groups is 1. The van der Waals surface area contributed by atoms with Gasteiger partial charge in [0.15, 0.2) is 5.96 Å². The van der Waals surface area contributed by atoms with Crippen molar-refractivity contribution in [1.29, 1.82) is 0 Å². The lowest BCUT2D eigenvalue weighted by molar-refractivity contribution is 0.309. The lowest BCUT2D eigenvalue weighted by atomic mass is 10.2. The zero-order valence-electron chi connectivity index (χ0n) is 13.0. The van der Waals surface area contributed by atoms with E-state index in [0.29, 0.717) is 6.61 Å². The SMILES string of the molecule is CN=C(NCCCOc1ccccc1C)NCCSC.I. The maximum atomic E-state index is 5.75. The topological polar surface area (TPSA) is 45.7 Å². The first-order chi connectivity index (χ1) is 9.77. The Kier molecular flexibility index (Phi) is 12.7. The number of guanidine groups is 1. The van der Waals surface area contributed by atoms with Crippen molar-refractivity contribution >= 4 is 41.7 Å². The van der Waals surface area contributed by atoms with Gasteiger partial charge in [-0.05, 0) is 31.2 Å². The lowest BCUT2D eigenvalue weighted by Gasteiger charge is -2.12. The predicted molar refractivity (Wildman–Crippen MR) is 104 cm³/mol. The molecule has 120 valence electrons. The lowest BCUT2D eigenvalue weighted by Crippen LogP contribution is -2.39. The Morgan fingerprint density at radius 3 is 2.62 bits per heavy atom. The maximum absolute atomic E-state index is 5.75. The second-order valence-electron chi connectivity index (χ2n) is 4.39. The number of benzene rings is 1. The van der Waals surface area contributed by atoms with Gasteiger partial charge in [0.05, 0.1) is 6.61 Å². The third-order valence-corrected chi connectivity index (χ3v) is 3.40. The molecular weight excluding hydrogens is 397 g/mol. The Labute approximate surface area is 149 Å². The van der Waals surface area contributed by atoms with Gasteiger partial charge in [-0.3, -0.25) is 4.99 Å². The number of aryl methyl sites for hydroxylation is 1. The fourth-order valence-electron chi connectivity index (χ4n) is 1.67. The van der Waals surface area contributed by atoms with Gasteiger partial charge in [-0.25, -0.2) is 0 Å². The molecule has 0 aliphatic carbocycles. The summed E-state index contributed by atoms with van der Waals surface area (Å²) in [7, 11) is 1.79. The van der Waals surface area contributed by atoms with Crippen LogP contribution in [0, 0.1) is 6.92 Å². The summed E-state index contributed by atoms with van der Waals surface area (Å²) in [5.74, 6) is 2.90. The molecule has 0 bridgehead atoms. The van der Waals surface area contributed by atoms with Crippen LogP contribution in [0.3, 0.4) is 0 Å². The Bertz CT molecular complexity index is 416. The molecule has 2 N–H and O–H groups in total. The number of rotatable bonds is 8. The van der Waals surface area contributed by atoms with Gasteiger partial charge in [0.25, 0.3) is 0 Å². The van der Waals surface area contributed by atoms with E-state index in [4.69, 9.17) is 4.74 Å². The Morgan fingerprint density at radius 2 is 1.95 bits per heavy atom. The molecule has 0 aliphatic rings. The predicted octanol–water partition coefficient (Wildman–Crippen LogP) is 2.91. The largest absolute Gasteiger partial charge is 0.493 e. The van der Waals surface area contributed by atoms with Crippen LogP contribution in [0.2, 0.25) is 0 Å². The van der Waals surface area contributed by atoms with Crippen molar-refractivity contribution in [2.45, 2.75) is 13.3 Å². The first-order valence-electron chi connectivity index (χ1n) is 6.90. The molecule has 4 nitrogen and oxygen atoms in total. The van der Waals surface area contributed by atoms with Crippen LogP contribution in [0.5, 0.6) is 5.75 Å². The van der Waals surface area contributed by atoms with Gasteiger partial charge in [-0.2, -0.15) is 11.8 Å². The second kappa shape index (κ2) is 13.1. The van der Waals surface area contributed by atoms with Gasteiger partial charge in [0.2, 0.25) is 0 Å². The van der Waals surface area contributed by atoms with Crippen LogP contribution in [-0.2, 0) is 0 Å². The molecular formula is C15H26IN3OS. The Morgan fingerprint density at radius 1 is 1.24 bits per heavy atom. The normalized spacial score (nSPS) is 10.7. The van der Waals surface area contributed by atoms with Gasteiger partial charge in [0.1, 0.15) is 5.75 Å². The highest BCUT2D eigenvalue weighted by Crippen LogP contribution is 2.15. The molecule has 1 aromatic carbocycles. The smallest absolute Gasteiger partial charge is 0.191 e. The summed E-state index contributed by atoms with van der Waals surface area (Å²) in [6.45, 7) is 4.55. The van der Waals surface area contributed by atoms with Crippen molar-refractivity contribution in [1.82, 2.24) is 10.6 Å². The van der Waals surface area contributed by atoms with Crippen molar-refractivity contribution in [3.8, 4) is 5.75 Å². The quantitative estimate of drug-likeness (QED) is 0.292. The molecule has 0 aliphatic heterocycles. The zero-order valence-corrected chi connectivity index (χ0v) is 16.2. The molecule has 0 fully saturated rings. The maximum Gasteiger partial charge on any atom is 0.191 e. The molecule has 1 aromatic rings. The van der Waals surface area contributed by atoms with Crippen molar-refractivity contribution in [2.75, 3.05) is 38.8 Å². The van der Waals surface area contributed by atoms with Gasteiger partial charge in [0, 0.05) is 25.9 Å². The highest BCUT2D eigenvalue weighted by Gasteiger charge is 1.98. The van der Waals surface area contributed by atoms with E-state index in [1.807, 2.05) is 30.0 Å². The number of para-hydroxylation sites is 1. The van der Waals surface area contributed by atoms with E-state index in [0.717, 1.165) is 37.0 Å². The molecule has 6 heteroatoms. The number of hydrogen-bond acceptors (Lipinski definition) is 3. The average Bonchev–Trinajstić information content (AvgIpc) is 2.47. The zero-order chi connectivity index (χ0) is 14.6. The highest BCUT2D eigenvalue weighted by molar-refractivity contribution is 14.0. The molecule has 0 amide bonds. The summed E-state index contributed by atoms with van der Waals surface area (Å²) in [4.78, 5) is 4.17. The van der Waals surface area contributed by atoms with Gasteiger partial charge in [-0.15, -0.1) is 24.0 Å². The minimum atomic E-state index is 0. The first kappa shape index (κ1) is 20.4. The molecule has 0 heterocycles. The minimum absolute atomic E-state index is 0. The van der Waals surface area contributed by atoms with E-state index in [1.165, 1.54) is 5.56 Å². The summed E-state index contributed by atoms with van der Waals surface area (Å²) >= 11 is 1.82. The van der Waals surface area contributed by atoms with E-state index in [1.54, 1.807) is 7.05 Å². The summed E-state index contributed by atoms with van der Waals surface area (Å²) < 4.78 is 5.75. The van der Waals surface area contributed by atoms with E-state index in [2.05, 4.69) is 34.9 Å². The van der Waals surface area contributed by atoms with E-state index in [-0.39, 0.29) is 24.0 Å². The standard InChI is InChI=1S/C15H25N3OS.HI/c1-13-7-4-5-8-14(13)19-11-6-9-17-15(16-2)18-10-12-20-3;/h4-5,7-8H,6,9-12H2,1-3H3,(H2,16,17,18);1H. The summed E-state index contributed by atoms with van der Waals surface area (Å²) in [5.41, 5.74) is 1.18.